The van der Waals surface area contributed by atoms with Crippen molar-refractivity contribution < 1.29 is 27.5 Å². The standard InChI is InChI=1S/C19H25F3N2O3/c1-3-4-17(25)24-9-7-13(8-10-24)18(26)23-12-14-5-6-15(27-2)11-16(14)19(20,21)22/h5-6,11,13H,3-4,7-10,12H2,1-2H3,(H,23,26). The lowest BCUT2D eigenvalue weighted by Gasteiger charge is -2.31. The van der Waals surface area contributed by atoms with Gasteiger partial charge >= 0.3 is 6.18 Å². The molecule has 0 saturated carbocycles. The minimum Gasteiger partial charge on any atom is -0.497 e. The number of ether oxygens (including phenoxy) is 1. The number of methoxy groups -OCH3 is 1. The highest BCUT2D eigenvalue weighted by Crippen LogP contribution is 2.34. The topological polar surface area (TPSA) is 58.6 Å². The van der Waals surface area contributed by atoms with Crippen LogP contribution >= 0.6 is 0 Å². The molecule has 1 aromatic rings. The maximum absolute atomic E-state index is 13.2. The van der Waals surface area contributed by atoms with Gasteiger partial charge in [-0.15, -0.1) is 0 Å². The number of halogens is 3. The van der Waals surface area contributed by atoms with Gasteiger partial charge in [0.25, 0.3) is 0 Å². The van der Waals surface area contributed by atoms with Crippen molar-refractivity contribution in [3.63, 3.8) is 0 Å². The van der Waals surface area contributed by atoms with Gasteiger partial charge in [0.1, 0.15) is 5.75 Å². The Kier molecular flexibility index (Phi) is 7.10. The number of carbonyl (C=O) groups excluding carboxylic acids is 2. The molecule has 0 unspecified atom stereocenters. The van der Waals surface area contributed by atoms with Gasteiger partial charge in [-0.3, -0.25) is 9.59 Å². The smallest absolute Gasteiger partial charge is 0.416 e. The first-order valence-corrected chi connectivity index (χ1v) is 9.05. The highest BCUT2D eigenvalue weighted by atomic mass is 19.4. The van der Waals surface area contributed by atoms with Gasteiger partial charge in [0.05, 0.1) is 12.7 Å². The van der Waals surface area contributed by atoms with Crippen molar-refractivity contribution in [1.29, 1.82) is 0 Å². The zero-order valence-corrected chi connectivity index (χ0v) is 15.6. The number of rotatable bonds is 6. The molecule has 1 saturated heterocycles. The van der Waals surface area contributed by atoms with E-state index in [0.717, 1.165) is 12.5 Å². The molecule has 5 nitrogen and oxygen atoms in total. The Morgan fingerprint density at radius 3 is 2.48 bits per heavy atom. The Hall–Kier alpha value is -2.25. The molecule has 1 N–H and O–H groups in total. The van der Waals surface area contributed by atoms with E-state index in [1.54, 1.807) is 4.90 Å². The van der Waals surface area contributed by atoms with Crippen molar-refractivity contribution in [2.45, 2.75) is 45.3 Å². The minimum absolute atomic E-state index is 0.00721. The summed E-state index contributed by atoms with van der Waals surface area (Å²) in [6, 6.07) is 3.68. The van der Waals surface area contributed by atoms with Gasteiger partial charge in [-0.25, -0.2) is 0 Å². The lowest BCUT2D eigenvalue weighted by Crippen LogP contribution is -2.42. The largest absolute Gasteiger partial charge is 0.497 e. The number of hydrogen-bond acceptors (Lipinski definition) is 3. The summed E-state index contributed by atoms with van der Waals surface area (Å²) in [5.41, 5.74) is -0.825. The molecular weight excluding hydrogens is 361 g/mol. The van der Waals surface area contributed by atoms with E-state index in [1.807, 2.05) is 6.92 Å². The number of carbonyl (C=O) groups is 2. The molecule has 27 heavy (non-hydrogen) atoms. The highest BCUT2D eigenvalue weighted by molar-refractivity contribution is 5.80. The van der Waals surface area contributed by atoms with Gasteiger partial charge in [-0.05, 0) is 37.0 Å². The van der Waals surface area contributed by atoms with Crippen LogP contribution in [-0.4, -0.2) is 36.9 Å². The molecule has 2 amide bonds. The van der Waals surface area contributed by atoms with Crippen LogP contribution in [0.3, 0.4) is 0 Å². The SMILES string of the molecule is CCCC(=O)N1CCC(C(=O)NCc2ccc(OC)cc2C(F)(F)F)CC1. The lowest BCUT2D eigenvalue weighted by atomic mass is 9.95. The Bertz CT molecular complexity index is 669. The molecule has 1 aliphatic heterocycles. The molecule has 0 aromatic heterocycles. The molecule has 1 aromatic carbocycles. The molecule has 8 heteroatoms. The van der Waals surface area contributed by atoms with Crippen LogP contribution < -0.4 is 10.1 Å². The molecule has 150 valence electrons. The molecule has 0 spiro atoms. The minimum atomic E-state index is -4.53. The first kappa shape index (κ1) is 21.1. The quantitative estimate of drug-likeness (QED) is 0.816. The van der Waals surface area contributed by atoms with Crippen LogP contribution in [0.5, 0.6) is 5.75 Å². The van der Waals surface area contributed by atoms with Crippen molar-refractivity contribution in [1.82, 2.24) is 10.2 Å². The van der Waals surface area contributed by atoms with E-state index in [9.17, 15) is 22.8 Å². The van der Waals surface area contributed by atoms with E-state index in [0.29, 0.717) is 32.4 Å². The van der Waals surface area contributed by atoms with E-state index < -0.39 is 11.7 Å². The van der Waals surface area contributed by atoms with Crippen molar-refractivity contribution in [2.24, 2.45) is 5.92 Å². The molecule has 0 radical (unpaired) electrons. The van der Waals surface area contributed by atoms with Crippen molar-refractivity contribution in [2.75, 3.05) is 20.2 Å². The monoisotopic (exact) mass is 386 g/mol. The highest BCUT2D eigenvalue weighted by Gasteiger charge is 2.34. The summed E-state index contributed by atoms with van der Waals surface area (Å²) in [5.74, 6) is -0.365. The maximum Gasteiger partial charge on any atom is 0.416 e. The zero-order chi connectivity index (χ0) is 20.0. The molecular formula is C19H25F3N2O3. The summed E-state index contributed by atoms with van der Waals surface area (Å²) in [4.78, 5) is 26.0. The van der Waals surface area contributed by atoms with Crippen molar-refractivity contribution in [3.05, 3.63) is 29.3 Å². The molecule has 0 bridgehead atoms. The van der Waals surface area contributed by atoms with Crippen molar-refractivity contribution >= 4 is 11.8 Å². The summed E-state index contributed by atoms with van der Waals surface area (Å²) in [5, 5.41) is 2.60. The number of amides is 2. The van der Waals surface area contributed by atoms with Gasteiger partial charge in [0.2, 0.25) is 11.8 Å². The van der Waals surface area contributed by atoms with Crippen LogP contribution in [0.2, 0.25) is 0 Å². The Morgan fingerprint density at radius 2 is 1.93 bits per heavy atom. The summed E-state index contributed by atoms with van der Waals surface area (Å²) in [6.07, 6.45) is -2.21. The Labute approximate surface area is 156 Å². The fourth-order valence-electron chi connectivity index (χ4n) is 3.19. The lowest BCUT2D eigenvalue weighted by molar-refractivity contribution is -0.138. The second kappa shape index (κ2) is 9.10. The molecule has 2 rings (SSSR count). The van der Waals surface area contributed by atoms with Crippen molar-refractivity contribution in [3.8, 4) is 5.75 Å². The molecule has 1 fully saturated rings. The fourth-order valence-corrected chi connectivity index (χ4v) is 3.19. The second-order valence-corrected chi connectivity index (χ2v) is 6.64. The number of piperidine rings is 1. The van der Waals surface area contributed by atoms with Gasteiger partial charge in [-0.2, -0.15) is 13.2 Å². The number of alkyl halides is 3. The molecule has 1 heterocycles. The predicted molar refractivity (Wildman–Crippen MR) is 94.1 cm³/mol. The van der Waals surface area contributed by atoms with Gasteiger partial charge in [-0.1, -0.05) is 13.0 Å². The van der Waals surface area contributed by atoms with Gasteiger partial charge in [0, 0.05) is 32.0 Å². The van der Waals surface area contributed by atoms with Crippen LogP contribution in [0.1, 0.15) is 43.7 Å². The molecule has 1 aliphatic rings. The third-order valence-electron chi connectivity index (χ3n) is 4.76. The predicted octanol–water partition coefficient (Wildman–Crippen LogP) is 3.37. The number of likely N-dealkylation sites (tertiary alicyclic amines) is 1. The average molecular weight is 386 g/mol. The van der Waals surface area contributed by atoms with Crippen LogP contribution in [0.25, 0.3) is 0 Å². The van der Waals surface area contributed by atoms with Gasteiger partial charge < -0.3 is 15.0 Å². The average Bonchev–Trinajstić information content (AvgIpc) is 2.65. The molecule has 0 atom stereocenters. The van der Waals surface area contributed by atoms with E-state index >= 15 is 0 Å². The number of benzene rings is 1. The van der Waals surface area contributed by atoms with Crippen LogP contribution in [0.15, 0.2) is 18.2 Å². The van der Waals surface area contributed by atoms with Crippen LogP contribution in [0.4, 0.5) is 13.2 Å². The Balaban J connectivity index is 1.94. The number of hydrogen-bond donors (Lipinski definition) is 1. The van der Waals surface area contributed by atoms with Crippen LogP contribution in [-0.2, 0) is 22.3 Å². The fraction of sp³-hybridized carbons (Fsp3) is 0.579. The van der Waals surface area contributed by atoms with E-state index in [4.69, 9.17) is 4.74 Å². The third-order valence-corrected chi connectivity index (χ3v) is 4.76. The van der Waals surface area contributed by atoms with E-state index in [2.05, 4.69) is 5.32 Å². The van der Waals surface area contributed by atoms with Crippen LogP contribution in [0, 0.1) is 5.92 Å². The summed E-state index contributed by atoms with van der Waals surface area (Å²) in [7, 11) is 1.30. The first-order valence-electron chi connectivity index (χ1n) is 9.05. The Morgan fingerprint density at radius 1 is 1.26 bits per heavy atom. The summed E-state index contributed by atoms with van der Waals surface area (Å²) < 4.78 is 44.5. The molecule has 0 aliphatic carbocycles. The number of nitrogens with one attached hydrogen (secondary N) is 1. The normalized spacial score (nSPS) is 15.5. The second-order valence-electron chi connectivity index (χ2n) is 6.64. The van der Waals surface area contributed by atoms with Gasteiger partial charge in [0.15, 0.2) is 0 Å². The summed E-state index contributed by atoms with van der Waals surface area (Å²) >= 11 is 0. The zero-order valence-electron chi connectivity index (χ0n) is 15.6. The third kappa shape index (κ3) is 5.61. The maximum atomic E-state index is 13.2. The summed E-state index contributed by atoms with van der Waals surface area (Å²) in [6.45, 7) is 2.75. The van der Waals surface area contributed by atoms with E-state index in [1.165, 1.54) is 19.2 Å². The first-order chi connectivity index (χ1) is 12.8. The number of nitrogens with zero attached hydrogens (tertiary/aromatic N) is 1. The van der Waals surface area contributed by atoms with E-state index in [-0.39, 0.29) is 35.6 Å².